The van der Waals surface area contributed by atoms with Gasteiger partial charge in [0.05, 0.1) is 0 Å². The summed E-state index contributed by atoms with van der Waals surface area (Å²) in [6.45, 7) is 2.23. The van der Waals surface area contributed by atoms with E-state index in [0.29, 0.717) is 0 Å². The Kier molecular flexibility index (Phi) is 10.8. The van der Waals surface area contributed by atoms with E-state index in [1.807, 2.05) is 12.2 Å². The average molecular weight is 188 g/mol. The van der Waals surface area contributed by atoms with Gasteiger partial charge in [0.2, 0.25) is 0 Å². The van der Waals surface area contributed by atoms with Crippen molar-refractivity contribution in [2.24, 2.45) is 0 Å². The molecule has 0 rings (SSSR count). The fraction of sp³-hybridized carbons (Fsp3) is 0.429. The Bertz CT molecular complexity index is 223. The molecule has 76 valence electrons. The third kappa shape index (κ3) is 10.8. The van der Waals surface area contributed by atoms with Crippen molar-refractivity contribution in [1.29, 1.82) is 0 Å². The van der Waals surface area contributed by atoms with E-state index in [9.17, 15) is 0 Å². The molecule has 14 heavy (non-hydrogen) atoms. The van der Waals surface area contributed by atoms with Crippen molar-refractivity contribution in [3.63, 3.8) is 0 Å². The number of terminal acetylenes is 1. The van der Waals surface area contributed by atoms with Crippen LogP contribution in [0, 0.1) is 12.3 Å². The quantitative estimate of drug-likeness (QED) is 0.242. The Hall–Kier alpha value is -1.22. The first kappa shape index (κ1) is 12.8. The highest BCUT2D eigenvalue weighted by Crippen LogP contribution is 2.00. The van der Waals surface area contributed by atoms with Crippen LogP contribution in [0.3, 0.4) is 0 Å². The fourth-order valence-electron chi connectivity index (χ4n) is 1.07. The van der Waals surface area contributed by atoms with Crippen LogP contribution >= 0.6 is 0 Å². The molecule has 0 aromatic heterocycles. The highest BCUT2D eigenvalue weighted by molar-refractivity contribution is 5.15. The highest BCUT2D eigenvalue weighted by Gasteiger charge is 1.80. The highest BCUT2D eigenvalue weighted by atomic mass is 13.9. The van der Waals surface area contributed by atoms with Gasteiger partial charge in [-0.25, -0.2) is 0 Å². The van der Waals surface area contributed by atoms with Crippen LogP contribution in [-0.4, -0.2) is 0 Å². The zero-order chi connectivity index (χ0) is 10.5. The minimum Gasteiger partial charge on any atom is -0.115 e. The van der Waals surface area contributed by atoms with Crippen LogP contribution in [0.5, 0.6) is 0 Å². The summed E-state index contributed by atoms with van der Waals surface area (Å²) in [5.41, 5.74) is 0. The number of hydrogen-bond acceptors (Lipinski definition) is 0. The van der Waals surface area contributed by atoms with Gasteiger partial charge in [-0.3, -0.25) is 0 Å². The first-order valence-corrected chi connectivity index (χ1v) is 5.34. The van der Waals surface area contributed by atoms with Crippen LogP contribution in [-0.2, 0) is 0 Å². The van der Waals surface area contributed by atoms with Crippen LogP contribution < -0.4 is 0 Å². The normalized spacial score (nSPS) is 11.7. The lowest BCUT2D eigenvalue weighted by Gasteiger charge is -1.90. The van der Waals surface area contributed by atoms with Gasteiger partial charge in [0.15, 0.2) is 0 Å². The molecule has 0 fully saturated rings. The Balaban J connectivity index is 3.31. The van der Waals surface area contributed by atoms with E-state index in [4.69, 9.17) is 6.42 Å². The summed E-state index contributed by atoms with van der Waals surface area (Å²) >= 11 is 0. The molecule has 0 heterocycles. The van der Waals surface area contributed by atoms with E-state index in [1.165, 1.54) is 25.7 Å². The number of hydrogen-bond donors (Lipinski definition) is 0. The maximum Gasteiger partial charge on any atom is -0.0122 e. The van der Waals surface area contributed by atoms with Gasteiger partial charge >= 0.3 is 0 Å². The molecule has 0 saturated heterocycles. The maximum absolute atomic E-state index is 5.05. The van der Waals surface area contributed by atoms with Gasteiger partial charge in [-0.15, -0.1) is 6.42 Å². The van der Waals surface area contributed by atoms with E-state index in [0.717, 1.165) is 6.42 Å². The van der Waals surface area contributed by atoms with Crippen LogP contribution in [0.15, 0.2) is 36.5 Å². The lowest BCUT2D eigenvalue weighted by molar-refractivity contribution is 0.728. The standard InChI is InChI=1S/C14H20/c1-3-5-7-9-11-13-14-12-10-8-6-4-2/h1,5,7,9,11-12,14H,4,6,8,10,13H2,2H3/b7-5-,11-9-,14-12+. The molecular formula is C14H20. The second-order valence-electron chi connectivity index (χ2n) is 3.16. The molecule has 0 bridgehead atoms. The lowest BCUT2D eigenvalue weighted by Crippen LogP contribution is -1.70. The van der Waals surface area contributed by atoms with Crippen molar-refractivity contribution in [2.45, 2.75) is 39.0 Å². The van der Waals surface area contributed by atoms with Gasteiger partial charge in [0.25, 0.3) is 0 Å². The van der Waals surface area contributed by atoms with Gasteiger partial charge < -0.3 is 0 Å². The lowest BCUT2D eigenvalue weighted by atomic mass is 10.2. The second kappa shape index (κ2) is 11.8. The monoisotopic (exact) mass is 188 g/mol. The summed E-state index contributed by atoms with van der Waals surface area (Å²) in [4.78, 5) is 0. The molecule has 0 radical (unpaired) electrons. The van der Waals surface area contributed by atoms with Crippen molar-refractivity contribution >= 4 is 0 Å². The molecule has 0 aliphatic rings. The van der Waals surface area contributed by atoms with Crippen LogP contribution in [0.1, 0.15) is 39.0 Å². The van der Waals surface area contributed by atoms with Crippen molar-refractivity contribution < 1.29 is 0 Å². The third-order valence-corrected chi connectivity index (χ3v) is 1.85. The molecule has 0 spiro atoms. The molecule has 0 unspecified atom stereocenters. The van der Waals surface area contributed by atoms with Gasteiger partial charge in [0.1, 0.15) is 0 Å². The summed E-state index contributed by atoms with van der Waals surface area (Å²) in [6, 6.07) is 0. The van der Waals surface area contributed by atoms with Gasteiger partial charge in [-0.2, -0.15) is 0 Å². The Labute approximate surface area is 88.4 Å². The Morgan fingerprint density at radius 1 is 1.07 bits per heavy atom. The molecule has 0 heteroatoms. The van der Waals surface area contributed by atoms with Gasteiger partial charge in [-0.05, 0) is 25.3 Å². The summed E-state index contributed by atoms with van der Waals surface area (Å²) < 4.78 is 0. The smallest absolute Gasteiger partial charge is 0.0122 e. The summed E-state index contributed by atoms with van der Waals surface area (Å²) in [5.74, 6) is 2.44. The number of unbranched alkanes of at least 4 members (excludes halogenated alkanes) is 3. The van der Waals surface area contributed by atoms with E-state index < -0.39 is 0 Å². The predicted molar refractivity (Wildman–Crippen MR) is 65.0 cm³/mol. The third-order valence-electron chi connectivity index (χ3n) is 1.85. The van der Waals surface area contributed by atoms with Crippen molar-refractivity contribution in [3.05, 3.63) is 36.5 Å². The van der Waals surface area contributed by atoms with Gasteiger partial charge in [0, 0.05) is 0 Å². The second-order valence-corrected chi connectivity index (χ2v) is 3.16. The summed E-state index contributed by atoms with van der Waals surface area (Å²) in [5, 5.41) is 0. The van der Waals surface area contributed by atoms with Crippen molar-refractivity contribution in [2.75, 3.05) is 0 Å². The zero-order valence-corrected chi connectivity index (χ0v) is 9.08. The molecule has 0 amide bonds. The molecule has 0 aromatic carbocycles. The molecule has 0 N–H and O–H groups in total. The molecule has 0 aliphatic heterocycles. The minimum atomic E-state index is 1.00. The van der Waals surface area contributed by atoms with Crippen molar-refractivity contribution in [3.8, 4) is 12.3 Å². The maximum atomic E-state index is 5.05. The molecule has 0 nitrogen and oxygen atoms in total. The summed E-state index contributed by atoms with van der Waals surface area (Å²) in [6.07, 6.45) is 23.3. The summed E-state index contributed by atoms with van der Waals surface area (Å²) in [7, 11) is 0. The first-order chi connectivity index (χ1) is 6.91. The molecule has 0 aliphatic carbocycles. The molecular weight excluding hydrogens is 168 g/mol. The van der Waals surface area contributed by atoms with Gasteiger partial charge in [-0.1, -0.05) is 56.1 Å². The van der Waals surface area contributed by atoms with Crippen LogP contribution in [0.4, 0.5) is 0 Å². The van der Waals surface area contributed by atoms with E-state index in [2.05, 4.69) is 31.1 Å². The molecule has 0 atom stereocenters. The van der Waals surface area contributed by atoms with E-state index in [-0.39, 0.29) is 0 Å². The van der Waals surface area contributed by atoms with Crippen LogP contribution in [0.2, 0.25) is 0 Å². The largest absolute Gasteiger partial charge is 0.115 e. The predicted octanol–water partition coefficient (Wildman–Crippen LogP) is 4.26. The van der Waals surface area contributed by atoms with E-state index >= 15 is 0 Å². The first-order valence-electron chi connectivity index (χ1n) is 5.34. The fourth-order valence-corrected chi connectivity index (χ4v) is 1.07. The molecule has 0 saturated carbocycles. The zero-order valence-electron chi connectivity index (χ0n) is 9.08. The average Bonchev–Trinajstić information content (AvgIpc) is 2.21. The SMILES string of the molecule is C#C/C=C\C=C/C/C=C/CCCCC. The molecule has 0 aromatic rings. The number of allylic oxidation sites excluding steroid dienone is 6. The van der Waals surface area contributed by atoms with E-state index in [1.54, 1.807) is 6.08 Å². The number of rotatable bonds is 7. The Morgan fingerprint density at radius 3 is 2.64 bits per heavy atom. The minimum absolute atomic E-state index is 1.00. The van der Waals surface area contributed by atoms with Crippen LogP contribution in [0.25, 0.3) is 0 Å². The Morgan fingerprint density at radius 2 is 1.93 bits per heavy atom. The van der Waals surface area contributed by atoms with Crippen molar-refractivity contribution in [1.82, 2.24) is 0 Å². The topological polar surface area (TPSA) is 0 Å².